The molecule has 2 heteroatoms. The summed E-state index contributed by atoms with van der Waals surface area (Å²) in [6.45, 7) is 0. The lowest BCUT2D eigenvalue weighted by molar-refractivity contribution is 1.26. The third-order valence-corrected chi connectivity index (χ3v) is 15.5. The van der Waals surface area contributed by atoms with Gasteiger partial charge in [-0.1, -0.05) is 176 Å². The van der Waals surface area contributed by atoms with E-state index in [1.807, 2.05) is 0 Å². The predicted octanol–water partition coefficient (Wildman–Crippen LogP) is 15.5. The summed E-state index contributed by atoms with van der Waals surface area (Å²) in [5, 5.41) is 0. The number of para-hydroxylation sites is 1. The molecule has 9 aromatic carbocycles. The number of fused-ring (bicyclic) bond motifs is 10. The van der Waals surface area contributed by atoms with E-state index in [0.29, 0.717) is 0 Å². The third kappa shape index (κ3) is 4.90. The summed E-state index contributed by atoms with van der Waals surface area (Å²) in [6.07, 6.45) is 0. The van der Waals surface area contributed by atoms with Crippen molar-refractivity contribution in [3.63, 3.8) is 0 Å². The van der Waals surface area contributed by atoms with Gasteiger partial charge in [0.1, 0.15) is 0 Å². The third-order valence-electron chi connectivity index (χ3n) is 11.4. The summed E-state index contributed by atoms with van der Waals surface area (Å²) in [4.78, 5) is 8.18. The molecule has 0 aliphatic carbocycles. The molecule has 264 valence electrons. The lowest BCUT2D eigenvalue weighted by Gasteiger charge is -2.37. The lowest BCUT2D eigenvalue weighted by Crippen LogP contribution is -2.12. The van der Waals surface area contributed by atoms with Crippen molar-refractivity contribution in [1.82, 2.24) is 0 Å². The molecular formula is C54H37NS. The van der Waals surface area contributed by atoms with Gasteiger partial charge in [0.05, 0.1) is 5.69 Å². The largest absolute Gasteiger partial charge is 0.310 e. The molecule has 1 spiro atoms. The molecule has 0 atom stereocenters. The Morgan fingerprint density at radius 1 is 0.268 bits per heavy atom. The van der Waals surface area contributed by atoms with Crippen LogP contribution in [0.15, 0.2) is 244 Å². The zero-order valence-corrected chi connectivity index (χ0v) is 31.5. The molecular weight excluding hydrogens is 695 g/mol. The molecule has 0 aromatic heterocycles. The maximum Gasteiger partial charge on any atom is 0.0546 e. The van der Waals surface area contributed by atoms with Gasteiger partial charge in [-0.2, -0.15) is 0 Å². The Morgan fingerprint density at radius 2 is 0.714 bits per heavy atom. The molecule has 0 radical (unpaired) electrons. The standard InChI is InChI=1S/C54H37NS/c1-4-17-38(18-5-1)39-31-33-41(34-32-39)54-44(40-19-6-2-7-20-40)26-16-27-49(54)55(42-21-8-3-9-22-42)43-35-36-48-47-25-12-15-30-52(47)56(53(48)37-43)50-28-13-10-23-45(50)46-24-11-14-29-51(46)56/h1-37H. The Morgan fingerprint density at radius 3 is 1.30 bits per heavy atom. The molecule has 0 bridgehead atoms. The highest BCUT2D eigenvalue weighted by Crippen LogP contribution is 2.85. The summed E-state index contributed by atoms with van der Waals surface area (Å²) >= 11 is 0. The van der Waals surface area contributed by atoms with Crippen molar-refractivity contribution in [3.05, 3.63) is 224 Å². The average molecular weight is 732 g/mol. The monoisotopic (exact) mass is 731 g/mol. The van der Waals surface area contributed by atoms with E-state index in [9.17, 15) is 0 Å². The molecule has 9 aromatic rings. The van der Waals surface area contributed by atoms with Gasteiger partial charge in [-0.15, -0.1) is 10.0 Å². The van der Waals surface area contributed by atoms with Crippen LogP contribution >= 0.6 is 10.0 Å². The molecule has 0 saturated heterocycles. The van der Waals surface area contributed by atoms with Gasteiger partial charge in [0.2, 0.25) is 0 Å². The SMILES string of the molecule is c1ccc(-c2ccc(-c3c(-c4ccccc4)cccc3N(c3ccccc3)c3ccc4c(c3)S3(c5ccccc5-c5ccccc53)c3ccccc3-4)cc2)cc1. The number of hydrogen-bond donors (Lipinski definition) is 0. The van der Waals surface area contributed by atoms with Crippen molar-refractivity contribution in [2.75, 3.05) is 4.90 Å². The molecule has 0 unspecified atom stereocenters. The van der Waals surface area contributed by atoms with E-state index in [1.54, 1.807) is 0 Å². The second kappa shape index (κ2) is 13.2. The van der Waals surface area contributed by atoms with Crippen LogP contribution in [0.5, 0.6) is 0 Å². The van der Waals surface area contributed by atoms with Gasteiger partial charge in [-0.25, -0.2) is 0 Å². The van der Waals surface area contributed by atoms with Crippen LogP contribution in [0.1, 0.15) is 0 Å². The zero-order chi connectivity index (χ0) is 37.1. The number of anilines is 3. The van der Waals surface area contributed by atoms with Crippen molar-refractivity contribution in [2.45, 2.75) is 19.6 Å². The van der Waals surface area contributed by atoms with E-state index in [4.69, 9.17) is 0 Å². The van der Waals surface area contributed by atoms with Gasteiger partial charge in [0.15, 0.2) is 0 Å². The van der Waals surface area contributed by atoms with Crippen molar-refractivity contribution in [1.29, 1.82) is 0 Å². The van der Waals surface area contributed by atoms with E-state index in [0.717, 1.165) is 17.1 Å². The van der Waals surface area contributed by atoms with Gasteiger partial charge >= 0.3 is 0 Å². The van der Waals surface area contributed by atoms with Gasteiger partial charge < -0.3 is 4.90 Å². The van der Waals surface area contributed by atoms with E-state index >= 15 is 0 Å². The minimum absolute atomic E-state index is 1.12. The smallest absolute Gasteiger partial charge is 0.0546 e. The number of benzene rings is 9. The van der Waals surface area contributed by atoms with Gasteiger partial charge in [-0.05, 0) is 98.6 Å². The van der Waals surface area contributed by atoms with Crippen LogP contribution < -0.4 is 4.90 Å². The van der Waals surface area contributed by atoms with Crippen LogP contribution in [-0.2, 0) is 0 Å². The average Bonchev–Trinajstić information content (AvgIpc) is 3.75. The Balaban J connectivity index is 1.18. The summed E-state index contributed by atoms with van der Waals surface area (Å²) < 4.78 is 0. The van der Waals surface area contributed by atoms with E-state index < -0.39 is 10.0 Å². The molecule has 2 heterocycles. The van der Waals surface area contributed by atoms with Gasteiger partial charge in [-0.3, -0.25) is 0 Å². The summed E-state index contributed by atoms with van der Waals surface area (Å²) in [6, 6.07) is 82.9. The normalized spacial score (nSPS) is 13.4. The minimum Gasteiger partial charge on any atom is -0.310 e. The molecule has 11 rings (SSSR count). The maximum atomic E-state index is 2.52. The number of rotatable bonds is 6. The fourth-order valence-corrected chi connectivity index (χ4v) is 13.7. The van der Waals surface area contributed by atoms with Crippen LogP contribution in [0.3, 0.4) is 0 Å². The molecule has 0 amide bonds. The zero-order valence-electron chi connectivity index (χ0n) is 30.7. The van der Waals surface area contributed by atoms with Gasteiger partial charge in [0.25, 0.3) is 0 Å². The van der Waals surface area contributed by atoms with Crippen LogP contribution in [0.4, 0.5) is 17.1 Å². The Hall–Kier alpha value is -6.87. The molecule has 0 saturated carbocycles. The van der Waals surface area contributed by atoms with Crippen LogP contribution in [0, 0.1) is 0 Å². The second-order valence-corrected chi connectivity index (χ2v) is 17.4. The molecule has 2 aliphatic rings. The first-order valence-corrected chi connectivity index (χ1v) is 20.9. The summed E-state index contributed by atoms with van der Waals surface area (Å²) in [5.41, 5.74) is 15.9. The van der Waals surface area contributed by atoms with Crippen molar-refractivity contribution < 1.29 is 0 Å². The number of nitrogens with zero attached hydrogens (tertiary/aromatic N) is 1. The van der Waals surface area contributed by atoms with Crippen molar-refractivity contribution in [3.8, 4) is 55.6 Å². The van der Waals surface area contributed by atoms with Crippen LogP contribution in [-0.4, -0.2) is 0 Å². The number of hydrogen-bond acceptors (Lipinski definition) is 1. The Kier molecular flexibility index (Phi) is 7.65. The second-order valence-electron chi connectivity index (χ2n) is 14.5. The minimum atomic E-state index is -1.75. The fourth-order valence-electron chi connectivity index (χ4n) is 9.06. The predicted molar refractivity (Wildman–Crippen MR) is 235 cm³/mol. The first-order valence-electron chi connectivity index (χ1n) is 19.3. The molecule has 56 heavy (non-hydrogen) atoms. The highest BCUT2D eigenvalue weighted by Gasteiger charge is 2.48. The van der Waals surface area contributed by atoms with Gasteiger partial charge in [0, 0.05) is 36.5 Å². The first-order chi connectivity index (χ1) is 27.8. The highest BCUT2D eigenvalue weighted by molar-refractivity contribution is 8.34. The fraction of sp³-hybridized carbons (Fsp3) is 0. The van der Waals surface area contributed by atoms with Crippen molar-refractivity contribution >= 4 is 27.1 Å². The van der Waals surface area contributed by atoms with Crippen LogP contribution in [0.2, 0.25) is 0 Å². The highest BCUT2D eigenvalue weighted by atomic mass is 32.3. The summed E-state index contributed by atoms with van der Waals surface area (Å²) in [5.74, 6) is 0. The molecule has 2 aliphatic heterocycles. The maximum absolute atomic E-state index is 2.52. The Bertz CT molecular complexity index is 2840. The summed E-state index contributed by atoms with van der Waals surface area (Å²) in [7, 11) is -1.75. The van der Waals surface area contributed by atoms with E-state index in [1.165, 1.54) is 75.2 Å². The molecule has 1 nitrogen and oxygen atoms in total. The quantitative estimate of drug-likeness (QED) is 0.165. The van der Waals surface area contributed by atoms with E-state index in [-0.39, 0.29) is 0 Å². The molecule has 0 fully saturated rings. The van der Waals surface area contributed by atoms with Crippen LogP contribution in [0.25, 0.3) is 55.6 Å². The lowest BCUT2D eigenvalue weighted by atomic mass is 9.91. The topological polar surface area (TPSA) is 3.24 Å². The van der Waals surface area contributed by atoms with Crippen molar-refractivity contribution in [2.24, 2.45) is 0 Å². The first kappa shape index (κ1) is 32.6. The van der Waals surface area contributed by atoms with E-state index in [2.05, 4.69) is 229 Å². The molecule has 0 N–H and O–H groups in total. The Labute approximate surface area is 330 Å².